The minimum absolute atomic E-state index is 0.0799. The molecule has 0 aliphatic carbocycles. The number of ether oxygens (including phenoxy) is 1. The van der Waals surface area contributed by atoms with Gasteiger partial charge in [-0.1, -0.05) is 0 Å². The van der Waals surface area contributed by atoms with Crippen LogP contribution in [0.25, 0.3) is 0 Å². The summed E-state index contributed by atoms with van der Waals surface area (Å²) in [4.78, 5) is 2.25. The molecule has 0 aromatic rings. The zero-order chi connectivity index (χ0) is 9.97. The molecule has 0 aromatic carbocycles. The van der Waals surface area contributed by atoms with Gasteiger partial charge in [0.15, 0.2) is 0 Å². The van der Waals surface area contributed by atoms with Crippen LogP contribution in [-0.4, -0.2) is 49.5 Å². The number of rotatable bonds is 1. The maximum absolute atomic E-state index is 13.5. The molecular weight excluding hydrogens is 183 g/mol. The van der Waals surface area contributed by atoms with E-state index < -0.39 is 6.17 Å². The van der Waals surface area contributed by atoms with Gasteiger partial charge in [-0.3, -0.25) is 4.90 Å². The van der Waals surface area contributed by atoms with Gasteiger partial charge in [0.25, 0.3) is 0 Å². The second-order valence-electron chi connectivity index (χ2n) is 4.32. The highest BCUT2D eigenvalue weighted by atomic mass is 19.1. The van der Waals surface area contributed by atoms with Crippen LogP contribution in [0.4, 0.5) is 4.39 Å². The van der Waals surface area contributed by atoms with Gasteiger partial charge in [0.2, 0.25) is 0 Å². The first-order valence-corrected chi connectivity index (χ1v) is 5.49. The molecule has 0 radical (unpaired) electrons. The van der Waals surface area contributed by atoms with Crippen molar-refractivity contribution >= 4 is 0 Å². The van der Waals surface area contributed by atoms with E-state index in [0.717, 1.165) is 32.4 Å². The molecular formula is C10H19FN2O. The summed E-state index contributed by atoms with van der Waals surface area (Å²) in [6.45, 7) is 2.87. The van der Waals surface area contributed by atoms with Gasteiger partial charge in [0, 0.05) is 31.8 Å². The van der Waals surface area contributed by atoms with Crippen molar-refractivity contribution in [2.45, 2.75) is 37.5 Å². The minimum Gasteiger partial charge on any atom is -0.378 e. The van der Waals surface area contributed by atoms with Crippen molar-refractivity contribution in [3.8, 4) is 0 Å². The molecule has 82 valence electrons. The maximum atomic E-state index is 13.5. The smallest absolute Gasteiger partial charge is 0.139 e. The van der Waals surface area contributed by atoms with E-state index in [0.29, 0.717) is 12.6 Å². The summed E-state index contributed by atoms with van der Waals surface area (Å²) in [7, 11) is 0. The van der Waals surface area contributed by atoms with Crippen LogP contribution in [0.3, 0.4) is 0 Å². The van der Waals surface area contributed by atoms with E-state index in [4.69, 9.17) is 10.5 Å². The molecule has 2 rings (SSSR count). The quantitative estimate of drug-likeness (QED) is 0.674. The van der Waals surface area contributed by atoms with E-state index in [1.807, 2.05) is 0 Å². The summed E-state index contributed by atoms with van der Waals surface area (Å²) in [6, 6.07) is 0.403. The first kappa shape index (κ1) is 10.3. The van der Waals surface area contributed by atoms with E-state index >= 15 is 0 Å². The lowest BCUT2D eigenvalue weighted by Gasteiger charge is -2.39. The summed E-state index contributed by atoms with van der Waals surface area (Å²) >= 11 is 0. The number of halogens is 1. The monoisotopic (exact) mass is 202 g/mol. The molecule has 2 atom stereocenters. The molecule has 0 amide bonds. The van der Waals surface area contributed by atoms with Crippen LogP contribution in [-0.2, 0) is 4.74 Å². The lowest BCUT2D eigenvalue weighted by Crippen LogP contribution is -2.51. The van der Waals surface area contributed by atoms with Gasteiger partial charge in [-0.25, -0.2) is 4.39 Å². The third kappa shape index (κ3) is 2.24. The minimum atomic E-state index is -0.807. The highest BCUT2D eigenvalue weighted by Gasteiger charge is 2.32. The molecule has 2 heterocycles. The Bertz CT molecular complexity index is 183. The molecule has 0 aromatic heterocycles. The van der Waals surface area contributed by atoms with E-state index in [1.165, 1.54) is 0 Å². The van der Waals surface area contributed by atoms with Crippen LogP contribution in [0.2, 0.25) is 0 Å². The molecule has 0 spiro atoms. The third-order valence-electron chi connectivity index (χ3n) is 3.30. The van der Waals surface area contributed by atoms with Gasteiger partial charge in [-0.05, 0) is 19.3 Å². The fourth-order valence-corrected chi connectivity index (χ4v) is 2.35. The second kappa shape index (κ2) is 4.55. The summed E-state index contributed by atoms with van der Waals surface area (Å²) in [6.07, 6.45) is 2.03. The first-order chi connectivity index (χ1) is 6.77. The Morgan fingerprint density at radius 2 is 1.93 bits per heavy atom. The average molecular weight is 202 g/mol. The maximum Gasteiger partial charge on any atom is 0.139 e. The first-order valence-electron chi connectivity index (χ1n) is 5.49. The number of nitrogens with two attached hydrogens (primary N) is 1. The van der Waals surface area contributed by atoms with Crippen molar-refractivity contribution in [2.75, 3.05) is 26.3 Å². The summed E-state index contributed by atoms with van der Waals surface area (Å²) in [5, 5.41) is 0. The van der Waals surface area contributed by atoms with Gasteiger partial charge in [-0.15, -0.1) is 0 Å². The van der Waals surface area contributed by atoms with Crippen LogP contribution in [0.1, 0.15) is 19.3 Å². The number of nitrogens with zero attached hydrogens (tertiary/aromatic N) is 1. The standard InChI is InChI=1S/C10H19FN2O/c11-9-7-14-6-3-10(9)13-4-1-8(12)2-5-13/h8-10H,1-7,12H2. The molecule has 4 heteroatoms. The predicted octanol–water partition coefficient (Wildman–Crippen LogP) is 0.536. The Kier molecular flexibility index (Phi) is 3.36. The summed E-state index contributed by atoms with van der Waals surface area (Å²) in [5.41, 5.74) is 5.82. The Morgan fingerprint density at radius 1 is 1.21 bits per heavy atom. The molecule has 3 nitrogen and oxygen atoms in total. The van der Waals surface area contributed by atoms with E-state index in [2.05, 4.69) is 4.90 Å². The van der Waals surface area contributed by atoms with Crippen LogP contribution in [0, 0.1) is 0 Å². The van der Waals surface area contributed by atoms with E-state index in [9.17, 15) is 4.39 Å². The van der Waals surface area contributed by atoms with Gasteiger partial charge in [0.1, 0.15) is 6.17 Å². The molecule has 0 saturated carbocycles. The van der Waals surface area contributed by atoms with Crippen LogP contribution < -0.4 is 5.73 Å². The molecule has 14 heavy (non-hydrogen) atoms. The fourth-order valence-electron chi connectivity index (χ4n) is 2.35. The summed E-state index contributed by atoms with van der Waals surface area (Å²) in [5.74, 6) is 0. The topological polar surface area (TPSA) is 38.5 Å². The van der Waals surface area contributed by atoms with E-state index in [-0.39, 0.29) is 12.6 Å². The van der Waals surface area contributed by atoms with Crippen molar-refractivity contribution in [3.05, 3.63) is 0 Å². The van der Waals surface area contributed by atoms with Crippen LogP contribution in [0.5, 0.6) is 0 Å². The van der Waals surface area contributed by atoms with Gasteiger partial charge >= 0.3 is 0 Å². The fraction of sp³-hybridized carbons (Fsp3) is 1.00. The Hall–Kier alpha value is -0.190. The summed E-state index contributed by atoms with van der Waals surface area (Å²) < 4.78 is 18.6. The molecule has 2 unspecified atom stereocenters. The number of hydrogen-bond acceptors (Lipinski definition) is 3. The lowest BCUT2D eigenvalue weighted by molar-refractivity contribution is -0.0336. The zero-order valence-corrected chi connectivity index (χ0v) is 8.49. The highest BCUT2D eigenvalue weighted by Crippen LogP contribution is 2.21. The van der Waals surface area contributed by atoms with Gasteiger partial charge in [0.05, 0.1) is 6.61 Å². The Balaban J connectivity index is 1.87. The molecule has 0 bridgehead atoms. The normalized spacial score (nSPS) is 37.3. The lowest BCUT2D eigenvalue weighted by atomic mass is 9.99. The molecule has 2 saturated heterocycles. The number of likely N-dealkylation sites (tertiary alicyclic amines) is 1. The van der Waals surface area contributed by atoms with Crippen molar-refractivity contribution in [3.63, 3.8) is 0 Å². The molecule has 2 N–H and O–H groups in total. The SMILES string of the molecule is NC1CCN(C2CCOCC2F)CC1. The number of hydrogen-bond donors (Lipinski definition) is 1. The zero-order valence-electron chi connectivity index (χ0n) is 8.49. The molecule has 2 aliphatic rings. The largest absolute Gasteiger partial charge is 0.378 e. The van der Waals surface area contributed by atoms with Gasteiger partial charge < -0.3 is 10.5 Å². The van der Waals surface area contributed by atoms with Crippen LogP contribution in [0.15, 0.2) is 0 Å². The predicted molar refractivity (Wildman–Crippen MR) is 52.9 cm³/mol. The van der Waals surface area contributed by atoms with Crippen molar-refractivity contribution in [2.24, 2.45) is 5.73 Å². The van der Waals surface area contributed by atoms with E-state index in [1.54, 1.807) is 0 Å². The molecule has 2 aliphatic heterocycles. The number of piperidine rings is 1. The average Bonchev–Trinajstić information content (AvgIpc) is 2.20. The molecule has 2 fully saturated rings. The Labute approximate surface area is 84.4 Å². The van der Waals surface area contributed by atoms with Crippen molar-refractivity contribution in [1.29, 1.82) is 0 Å². The second-order valence-corrected chi connectivity index (χ2v) is 4.32. The van der Waals surface area contributed by atoms with Crippen LogP contribution >= 0.6 is 0 Å². The Morgan fingerprint density at radius 3 is 2.57 bits per heavy atom. The number of alkyl halides is 1. The third-order valence-corrected chi connectivity index (χ3v) is 3.30. The van der Waals surface area contributed by atoms with Crippen molar-refractivity contribution < 1.29 is 9.13 Å². The van der Waals surface area contributed by atoms with Crippen molar-refractivity contribution in [1.82, 2.24) is 4.90 Å². The van der Waals surface area contributed by atoms with Gasteiger partial charge in [-0.2, -0.15) is 0 Å². The highest BCUT2D eigenvalue weighted by molar-refractivity contribution is 4.86.